The van der Waals surface area contributed by atoms with Crippen molar-refractivity contribution in [2.24, 2.45) is 5.92 Å². The molecule has 15 heteroatoms. The molecule has 1 saturated heterocycles. The molecule has 2 saturated carbocycles. The number of aromatic nitrogens is 2. The van der Waals surface area contributed by atoms with Crippen LogP contribution in [0.5, 0.6) is 11.5 Å². The number of fused-ring (bicyclic) bond motifs is 3. The van der Waals surface area contributed by atoms with Crippen molar-refractivity contribution in [2.45, 2.75) is 120 Å². The molecular formula is C40H50N6O8S. The lowest BCUT2D eigenvalue weighted by molar-refractivity contribution is -0.145. The fraction of sp³-hybridized carbons (Fsp3) is 0.550. The number of hydrogen-bond acceptors (Lipinski definition) is 11. The minimum atomic E-state index is -3.25. The molecule has 294 valence electrons. The number of pyridine rings is 1. The van der Waals surface area contributed by atoms with Crippen LogP contribution in [-0.2, 0) is 19.1 Å². The first-order chi connectivity index (χ1) is 29.3. The minimum Gasteiger partial charge on any atom is -0.497 e. The number of carbonyl (C=O) groups is 4. The van der Waals surface area contributed by atoms with Crippen molar-refractivity contribution in [1.29, 1.82) is 0 Å². The Morgan fingerprint density at radius 2 is 1.91 bits per heavy atom. The normalized spacial score (nSPS) is 29.2. The third-order valence-corrected chi connectivity index (χ3v) is 11.5. The van der Waals surface area contributed by atoms with Crippen LogP contribution in [0, 0.1) is 5.92 Å². The maximum absolute atomic E-state index is 14.6. The number of carboxylic acid groups (broad SMARTS) is 1. The van der Waals surface area contributed by atoms with E-state index in [9.17, 15) is 24.3 Å². The third kappa shape index (κ3) is 8.66. The standard InChI is InChI=1S/C40H50N6O8S/c1-23(2)41-38-43-32(22-55-38)31-19-34(28-16-15-26(52-3)17-30(28)42-31)53-27-18-33-35(47)45-40(37(49)50)20-24(40)11-7-5-4-6-8-14-29(36(48)46(33)21-27)44-39(51)54-25-12-9-10-13-25/h7,11,15-17,19,22-25,27,29,33H,4-6,8-10,12-14,18,20-21H2,1-3H3,(H,41,43)(H,44,51)(H,45,47)(H,49,50)/b11-7-/t24-,27+,29+,33-,40+/m0/s1/i1D3,2D3,23D. The summed E-state index contributed by atoms with van der Waals surface area (Å²) < 4.78 is 72.8. The average molecular weight is 782 g/mol. The molecule has 1 aromatic carbocycles. The first-order valence-electron chi connectivity index (χ1n) is 22.2. The SMILES string of the molecule is [2H]C([2H])([2H])C([2H])(Nc1nc(-c2cc(O[C@@H]3C[C@H]4C(=O)N[C@]5(C(=O)O)C[C@@H]5/C=C\CCCCC[C@@H](NC(=O)OC5CCCC5)C(=O)N4C3)c3ccc(OC)cc3n2)cs1)C([2H])([2H])[2H]. The van der Waals surface area contributed by atoms with Gasteiger partial charge in [0.2, 0.25) is 11.8 Å². The monoisotopic (exact) mass is 781 g/mol. The Hall–Kier alpha value is -4.92. The van der Waals surface area contributed by atoms with E-state index in [4.69, 9.17) is 28.8 Å². The van der Waals surface area contributed by atoms with Crippen molar-refractivity contribution in [3.05, 3.63) is 41.8 Å². The molecule has 55 heavy (non-hydrogen) atoms. The lowest BCUT2D eigenvalue weighted by Crippen LogP contribution is -2.56. The number of carbonyl (C=O) groups excluding carboxylic acids is 3. The number of ether oxygens (including phenoxy) is 3. The predicted molar refractivity (Wildman–Crippen MR) is 207 cm³/mol. The Morgan fingerprint density at radius 1 is 1.09 bits per heavy atom. The van der Waals surface area contributed by atoms with Crippen LogP contribution in [-0.4, -0.2) is 93.4 Å². The fourth-order valence-corrected chi connectivity index (χ4v) is 8.46. The second-order valence-electron chi connectivity index (χ2n) is 14.6. The van der Waals surface area contributed by atoms with Crippen molar-refractivity contribution in [3.8, 4) is 22.9 Å². The molecule has 0 radical (unpaired) electrons. The quantitative estimate of drug-likeness (QED) is 0.186. The van der Waals surface area contributed by atoms with Gasteiger partial charge in [-0.05, 0) is 77.2 Å². The molecule has 3 amide bonds. The molecule has 4 aliphatic rings. The number of nitrogens with one attached hydrogen (secondary N) is 3. The van der Waals surface area contributed by atoms with Gasteiger partial charge in [-0.25, -0.2) is 19.6 Å². The van der Waals surface area contributed by atoms with Crippen LogP contribution in [0.25, 0.3) is 22.3 Å². The molecule has 7 rings (SSSR count). The molecule has 5 atom stereocenters. The summed E-state index contributed by atoms with van der Waals surface area (Å²) in [5.74, 6) is -2.08. The van der Waals surface area contributed by atoms with Crippen LogP contribution in [0.1, 0.15) is 93.9 Å². The summed E-state index contributed by atoms with van der Waals surface area (Å²) in [6.07, 6.45) is 8.58. The van der Waals surface area contributed by atoms with Crippen LogP contribution in [0.4, 0.5) is 9.93 Å². The van der Waals surface area contributed by atoms with Gasteiger partial charge in [0.1, 0.15) is 47.0 Å². The van der Waals surface area contributed by atoms with Crippen molar-refractivity contribution in [3.63, 3.8) is 0 Å². The highest BCUT2D eigenvalue weighted by Crippen LogP contribution is 2.45. The second-order valence-corrected chi connectivity index (χ2v) is 15.4. The van der Waals surface area contributed by atoms with E-state index in [1.54, 1.807) is 24.3 Å². The van der Waals surface area contributed by atoms with Gasteiger partial charge >= 0.3 is 12.1 Å². The van der Waals surface area contributed by atoms with Gasteiger partial charge in [-0.3, -0.25) is 9.59 Å². The van der Waals surface area contributed by atoms with Crippen LogP contribution < -0.4 is 25.4 Å². The van der Waals surface area contributed by atoms with E-state index >= 15 is 0 Å². The summed E-state index contributed by atoms with van der Waals surface area (Å²) in [6, 6.07) is 1.36. The Morgan fingerprint density at radius 3 is 2.69 bits per heavy atom. The van der Waals surface area contributed by atoms with Gasteiger partial charge in [-0.2, -0.15) is 0 Å². The molecule has 3 aromatic rings. The Labute approximate surface area is 334 Å². The van der Waals surface area contributed by atoms with Crippen molar-refractivity contribution in [2.75, 3.05) is 19.0 Å². The smallest absolute Gasteiger partial charge is 0.408 e. The van der Waals surface area contributed by atoms with Crippen LogP contribution >= 0.6 is 11.3 Å². The molecule has 4 heterocycles. The molecule has 0 bridgehead atoms. The van der Waals surface area contributed by atoms with Gasteiger partial charge < -0.3 is 40.2 Å². The molecule has 3 fully saturated rings. The van der Waals surface area contributed by atoms with E-state index in [-0.39, 0.29) is 54.2 Å². The van der Waals surface area contributed by atoms with Crippen molar-refractivity contribution in [1.82, 2.24) is 25.5 Å². The number of methoxy groups -OCH3 is 1. The van der Waals surface area contributed by atoms with E-state index in [0.717, 1.165) is 49.9 Å². The third-order valence-electron chi connectivity index (χ3n) is 10.8. The highest BCUT2D eigenvalue weighted by Gasteiger charge is 2.61. The van der Waals surface area contributed by atoms with Gasteiger partial charge in [0.05, 0.1) is 26.2 Å². The summed E-state index contributed by atoms with van der Waals surface area (Å²) in [7, 11) is 1.48. The van der Waals surface area contributed by atoms with Crippen LogP contribution in [0.2, 0.25) is 0 Å². The molecule has 4 N–H and O–H groups in total. The number of aliphatic carboxylic acids is 1. The first kappa shape index (κ1) is 30.3. The number of allylic oxidation sites excluding steroid dienone is 1. The van der Waals surface area contributed by atoms with Crippen LogP contribution in [0.15, 0.2) is 41.8 Å². The lowest BCUT2D eigenvalue weighted by atomic mass is 10.0. The van der Waals surface area contributed by atoms with E-state index in [2.05, 4.69) is 20.9 Å². The topological polar surface area (TPSA) is 181 Å². The fourth-order valence-electron chi connectivity index (χ4n) is 7.75. The summed E-state index contributed by atoms with van der Waals surface area (Å²) in [4.78, 5) is 65.1. The number of benzene rings is 1. The van der Waals surface area contributed by atoms with E-state index in [1.807, 2.05) is 12.2 Å². The molecule has 0 spiro atoms. The van der Waals surface area contributed by atoms with Gasteiger partial charge in [-0.1, -0.05) is 25.0 Å². The van der Waals surface area contributed by atoms with Gasteiger partial charge in [0, 0.05) is 49.5 Å². The van der Waals surface area contributed by atoms with Gasteiger partial charge in [-0.15, -0.1) is 11.3 Å². The number of rotatable bonds is 9. The summed E-state index contributed by atoms with van der Waals surface area (Å²) in [5, 5.41) is 20.0. The van der Waals surface area contributed by atoms with Crippen molar-refractivity contribution >= 4 is 51.2 Å². The highest BCUT2D eigenvalue weighted by atomic mass is 32.1. The Kier molecular flexibility index (Phi) is 9.06. The maximum atomic E-state index is 14.6. The first-order valence-corrected chi connectivity index (χ1v) is 19.6. The summed E-state index contributed by atoms with van der Waals surface area (Å²) >= 11 is 0.880. The molecule has 2 aliphatic heterocycles. The van der Waals surface area contributed by atoms with E-state index in [0.29, 0.717) is 29.5 Å². The molecule has 0 unspecified atom stereocenters. The van der Waals surface area contributed by atoms with Crippen molar-refractivity contribution < 1.29 is 48.1 Å². The Balaban J connectivity index is 1.21. The number of thiazole rings is 1. The summed E-state index contributed by atoms with van der Waals surface area (Å²) in [5.41, 5.74) is -0.717. The van der Waals surface area contributed by atoms with E-state index < -0.39 is 73.2 Å². The second kappa shape index (κ2) is 16.4. The number of anilines is 1. The summed E-state index contributed by atoms with van der Waals surface area (Å²) in [6.45, 7) is -6.60. The average Bonchev–Trinajstić information content (AvgIpc) is 3.64. The number of amides is 3. The molecule has 2 aliphatic carbocycles. The lowest BCUT2D eigenvalue weighted by Gasteiger charge is -2.29. The van der Waals surface area contributed by atoms with Crippen LogP contribution in [0.3, 0.4) is 0 Å². The van der Waals surface area contributed by atoms with Gasteiger partial charge in [0.25, 0.3) is 0 Å². The largest absolute Gasteiger partial charge is 0.497 e. The van der Waals surface area contributed by atoms with E-state index in [1.165, 1.54) is 17.4 Å². The molecule has 14 nitrogen and oxygen atoms in total. The van der Waals surface area contributed by atoms with Gasteiger partial charge in [0.15, 0.2) is 5.13 Å². The zero-order valence-corrected chi connectivity index (χ0v) is 31.3. The zero-order chi connectivity index (χ0) is 44.6. The number of nitrogens with zero attached hydrogens (tertiary/aromatic N) is 3. The molecule has 2 aromatic heterocycles. The number of carboxylic acids is 1. The molecular weight excluding hydrogens is 725 g/mol. The maximum Gasteiger partial charge on any atom is 0.408 e. The minimum absolute atomic E-state index is 0.0388. The Bertz CT molecular complexity index is 2200. The zero-order valence-electron chi connectivity index (χ0n) is 37.5. The number of alkyl carbamates (subject to hydrolysis) is 1. The predicted octanol–water partition coefficient (Wildman–Crippen LogP) is 6.05. The number of hydrogen-bond donors (Lipinski definition) is 4. The highest BCUT2D eigenvalue weighted by molar-refractivity contribution is 7.14.